The summed E-state index contributed by atoms with van der Waals surface area (Å²) in [6, 6.07) is 7.31. The third-order valence-corrected chi connectivity index (χ3v) is 11.8. The Morgan fingerprint density at radius 1 is 1.18 bits per heavy atom. The smallest absolute Gasteiger partial charge is 0.397 e. The number of aliphatic hydroxyl groups is 1. The van der Waals surface area contributed by atoms with Gasteiger partial charge in [0.15, 0.2) is 6.10 Å². The number of carbonyl (C=O) groups is 4. The molecule has 268 valence electrons. The van der Waals surface area contributed by atoms with Gasteiger partial charge in [-0.05, 0) is 43.9 Å². The first-order valence-corrected chi connectivity index (χ1v) is 17.9. The van der Waals surface area contributed by atoms with Crippen LogP contribution < -0.4 is 5.32 Å². The van der Waals surface area contributed by atoms with Crippen LogP contribution in [0.2, 0.25) is 0 Å². The molecule has 4 bridgehead atoms. The molecular weight excluding hydrogens is 710 g/mol. The number of carbonyl (C=O) groups excluding carboxylic acids is 4. The number of allylic oxidation sites excluding steroid dienone is 3. The number of rotatable bonds is 7. The zero-order chi connectivity index (χ0) is 35.9. The van der Waals surface area contributed by atoms with E-state index < -0.39 is 83.8 Å². The van der Waals surface area contributed by atoms with Crippen LogP contribution in [0.15, 0.2) is 76.3 Å². The maximum absolute atomic E-state index is 13.7. The van der Waals surface area contributed by atoms with Crippen LogP contribution in [0, 0.1) is 29.6 Å². The summed E-state index contributed by atoms with van der Waals surface area (Å²) in [4.78, 5) is 52.4. The first-order chi connectivity index (χ1) is 23.9. The Hall–Kier alpha value is -3.58. The zero-order valence-electron chi connectivity index (χ0n) is 28.7. The highest BCUT2D eigenvalue weighted by Crippen LogP contribution is 2.61. The second kappa shape index (κ2) is 14.6. The number of halogens is 1. The Labute approximate surface area is 300 Å². The van der Waals surface area contributed by atoms with Gasteiger partial charge in [0.05, 0.1) is 6.10 Å². The minimum absolute atomic E-state index is 0.108. The van der Waals surface area contributed by atoms with Crippen LogP contribution in [0.3, 0.4) is 0 Å². The Morgan fingerprint density at radius 3 is 2.64 bits per heavy atom. The second-order valence-electron chi connectivity index (χ2n) is 14.0. The van der Waals surface area contributed by atoms with Gasteiger partial charge in [-0.3, -0.25) is 4.79 Å². The molecule has 5 aliphatic rings. The standard InChI is InChI=1S/C38H44BrNO10/c1-19-16-20(2)38-25(14-15-26-29(38)30(41)21(3)32(33(26)50-38)49-35(43)23-10-6-7-11-23)17-28(46-5)36(44)48-31(19)22(4)47-37(45)34(42)40-18-24-12-8-9-13-27(24)39/h6-10,12-16,19,21-22,25-26,28-33,41H,11,17-18H2,1-5H3,(H,40,42)/b20-16+/t19-,21-,22-,25-,26?,28+,29?,30?,31+,32-,33-,38+/m1/s1. The van der Waals surface area contributed by atoms with Crippen molar-refractivity contribution in [2.75, 3.05) is 7.11 Å². The Morgan fingerprint density at radius 2 is 1.94 bits per heavy atom. The van der Waals surface area contributed by atoms with Gasteiger partial charge in [-0.25, -0.2) is 14.4 Å². The van der Waals surface area contributed by atoms with E-state index in [0.29, 0.717) is 12.0 Å². The van der Waals surface area contributed by atoms with E-state index in [4.69, 9.17) is 23.7 Å². The largest absolute Gasteiger partial charge is 0.456 e. The van der Waals surface area contributed by atoms with Crippen LogP contribution >= 0.6 is 15.9 Å². The minimum Gasteiger partial charge on any atom is -0.456 e. The maximum Gasteiger partial charge on any atom is 0.397 e. The van der Waals surface area contributed by atoms with Crippen LogP contribution in [0.25, 0.3) is 0 Å². The van der Waals surface area contributed by atoms with E-state index in [2.05, 4.69) is 21.2 Å². The van der Waals surface area contributed by atoms with Crippen molar-refractivity contribution in [3.8, 4) is 0 Å². The quantitative estimate of drug-likeness (QED) is 0.179. The lowest BCUT2D eigenvalue weighted by Crippen LogP contribution is -2.57. The molecule has 2 fully saturated rings. The van der Waals surface area contributed by atoms with Crippen molar-refractivity contribution in [2.45, 2.75) is 89.3 Å². The van der Waals surface area contributed by atoms with Gasteiger partial charge in [-0.2, -0.15) is 0 Å². The number of amides is 1. The molecule has 2 aliphatic heterocycles. The Bertz CT molecular complexity index is 1650. The van der Waals surface area contributed by atoms with Crippen LogP contribution in [0.1, 0.15) is 46.1 Å². The number of hydrogen-bond donors (Lipinski definition) is 2. The van der Waals surface area contributed by atoms with E-state index in [1.807, 2.05) is 75.4 Å². The fourth-order valence-corrected chi connectivity index (χ4v) is 8.89. The first-order valence-electron chi connectivity index (χ1n) is 17.1. The predicted molar refractivity (Wildman–Crippen MR) is 184 cm³/mol. The number of hydrogen-bond acceptors (Lipinski definition) is 10. The number of nitrogens with one attached hydrogen (secondary N) is 1. The van der Waals surface area contributed by atoms with Crippen molar-refractivity contribution < 1.29 is 48.0 Å². The van der Waals surface area contributed by atoms with Gasteiger partial charge in [0.1, 0.15) is 30.0 Å². The van der Waals surface area contributed by atoms with Crippen molar-refractivity contribution in [1.29, 1.82) is 0 Å². The van der Waals surface area contributed by atoms with E-state index in [9.17, 15) is 24.3 Å². The second-order valence-corrected chi connectivity index (χ2v) is 14.8. The van der Waals surface area contributed by atoms with Crippen LogP contribution in [0.5, 0.6) is 0 Å². The van der Waals surface area contributed by atoms with Gasteiger partial charge >= 0.3 is 23.8 Å². The average Bonchev–Trinajstić information content (AvgIpc) is 3.70. The minimum atomic E-state index is -1.11. The monoisotopic (exact) mass is 753 g/mol. The number of benzene rings is 1. The topological polar surface area (TPSA) is 147 Å². The molecule has 1 amide bonds. The molecule has 11 nitrogen and oxygen atoms in total. The summed E-state index contributed by atoms with van der Waals surface area (Å²) in [5.74, 6) is -5.07. The molecule has 1 saturated heterocycles. The SMILES string of the molecule is CO[C@H]1C[C@H]2C=CC3C4C(O)[C@@H](C)[C@@H](OC(=O)C5=CC=CC5)[C@@H]3O[C@]42/C(C)=C/[C@@H](C)[C@@H]([C@@H](C)OC(=O)C(=O)NCc2ccccc2Br)OC1=O. The highest BCUT2D eigenvalue weighted by atomic mass is 79.9. The summed E-state index contributed by atoms with van der Waals surface area (Å²) >= 11 is 3.43. The molecule has 1 spiro atoms. The highest BCUT2D eigenvalue weighted by molar-refractivity contribution is 9.10. The Balaban J connectivity index is 1.26. The fraction of sp³-hybridized carbons (Fsp3) is 0.526. The molecule has 12 atom stereocenters. The summed E-state index contributed by atoms with van der Waals surface area (Å²) in [6.07, 6.45) is 6.96. The third-order valence-electron chi connectivity index (χ3n) is 11.0. The molecular formula is C38H44BrNO10. The molecule has 6 rings (SSSR count). The summed E-state index contributed by atoms with van der Waals surface area (Å²) in [7, 11) is 1.42. The van der Waals surface area contributed by atoms with Crippen molar-refractivity contribution in [3.63, 3.8) is 0 Å². The average molecular weight is 755 g/mol. The van der Waals surface area contributed by atoms with E-state index in [1.54, 1.807) is 13.0 Å². The summed E-state index contributed by atoms with van der Waals surface area (Å²) < 4.78 is 31.1. The number of cyclic esters (lactones) is 1. The lowest BCUT2D eigenvalue weighted by atomic mass is 9.57. The lowest BCUT2D eigenvalue weighted by Gasteiger charge is -2.49. The first kappa shape index (κ1) is 36.2. The van der Waals surface area contributed by atoms with Crippen LogP contribution in [0.4, 0.5) is 0 Å². The predicted octanol–water partition coefficient (Wildman–Crippen LogP) is 4.27. The number of aliphatic hydroxyl groups excluding tert-OH is 1. The molecule has 3 aliphatic carbocycles. The van der Waals surface area contributed by atoms with Crippen molar-refractivity contribution in [2.24, 2.45) is 29.6 Å². The molecule has 0 radical (unpaired) electrons. The van der Waals surface area contributed by atoms with E-state index in [1.165, 1.54) is 7.11 Å². The molecule has 50 heavy (non-hydrogen) atoms. The summed E-state index contributed by atoms with van der Waals surface area (Å²) in [5, 5.41) is 14.5. The normalized spacial score (nSPS) is 37.4. The van der Waals surface area contributed by atoms with Gasteiger partial charge in [0.2, 0.25) is 0 Å². The van der Waals surface area contributed by atoms with Gasteiger partial charge < -0.3 is 34.1 Å². The van der Waals surface area contributed by atoms with Gasteiger partial charge in [-0.1, -0.05) is 84.4 Å². The van der Waals surface area contributed by atoms with E-state index >= 15 is 0 Å². The van der Waals surface area contributed by atoms with Crippen LogP contribution in [-0.4, -0.2) is 78.3 Å². The van der Waals surface area contributed by atoms with Gasteiger partial charge in [0.25, 0.3) is 0 Å². The highest BCUT2D eigenvalue weighted by Gasteiger charge is 2.69. The van der Waals surface area contributed by atoms with Gasteiger partial charge in [0, 0.05) is 53.3 Å². The Kier molecular flexibility index (Phi) is 10.6. The van der Waals surface area contributed by atoms with E-state index in [-0.39, 0.29) is 24.8 Å². The van der Waals surface area contributed by atoms with E-state index in [0.717, 1.165) is 15.6 Å². The zero-order valence-corrected chi connectivity index (χ0v) is 30.3. The van der Waals surface area contributed by atoms with Gasteiger partial charge in [-0.15, -0.1) is 0 Å². The molecule has 1 aromatic rings. The molecule has 3 unspecified atom stereocenters. The maximum atomic E-state index is 13.7. The summed E-state index contributed by atoms with van der Waals surface area (Å²) in [5.41, 5.74) is 1.09. The van der Waals surface area contributed by atoms with Crippen LogP contribution in [-0.2, 0) is 49.4 Å². The molecule has 1 aromatic carbocycles. The van der Waals surface area contributed by atoms with Crippen molar-refractivity contribution in [3.05, 3.63) is 81.9 Å². The molecule has 2 heterocycles. The lowest BCUT2D eigenvalue weighted by molar-refractivity contribution is -0.180. The van der Waals surface area contributed by atoms with Crippen molar-refractivity contribution >= 4 is 39.7 Å². The summed E-state index contributed by atoms with van der Waals surface area (Å²) in [6.45, 7) is 7.32. The fourth-order valence-electron chi connectivity index (χ4n) is 8.46. The molecule has 1 saturated carbocycles. The van der Waals surface area contributed by atoms with Crippen molar-refractivity contribution in [1.82, 2.24) is 5.32 Å². The molecule has 0 aromatic heterocycles. The number of esters is 3. The third kappa shape index (κ3) is 6.51. The number of ether oxygens (including phenoxy) is 5. The molecule has 12 heteroatoms. The molecule has 2 N–H and O–H groups in total. The number of methoxy groups -OCH3 is 1.